The van der Waals surface area contributed by atoms with Crippen molar-refractivity contribution >= 4 is 15.6 Å². The monoisotopic (exact) mass is 549 g/mol. The molecule has 2 aliphatic heterocycles. The van der Waals surface area contributed by atoms with Gasteiger partial charge < -0.3 is 45.4 Å². The average molecular weight is 549 g/mol. The highest BCUT2D eigenvalue weighted by Gasteiger charge is 2.48. The van der Waals surface area contributed by atoms with Gasteiger partial charge in [-0.05, 0) is 0 Å². The van der Waals surface area contributed by atoms with E-state index in [0.717, 1.165) is 16.8 Å². The van der Waals surface area contributed by atoms with Crippen molar-refractivity contribution in [1.29, 1.82) is 0 Å². The standard InChI is InChI=1S/C15H25N3O15P2/c16-11-13(23)12(22)7(4-19)31-14(11)32-35(27,28)33-34(25,26)29-5-8-6(20)3-10(30-8)18-2-1-9(21)17-15(18)24/h1-2,6-8,10-14,19-20,22-23H,3-5,16H2,(H,25,26)(H,27,28)(H,17,21,24)/t6-,7+,8+,10?,11+,12+,13+,14?/m0/s1. The summed E-state index contributed by atoms with van der Waals surface area (Å²) in [5.41, 5.74) is 4.08. The molecule has 0 aromatic carbocycles. The van der Waals surface area contributed by atoms with Gasteiger partial charge in [0.25, 0.3) is 5.56 Å². The van der Waals surface area contributed by atoms with E-state index >= 15 is 0 Å². The van der Waals surface area contributed by atoms with E-state index in [-0.39, 0.29) is 6.42 Å². The van der Waals surface area contributed by atoms with Crippen LogP contribution in [0.1, 0.15) is 12.6 Å². The number of nitrogens with one attached hydrogen (secondary N) is 1. The zero-order valence-electron chi connectivity index (χ0n) is 17.7. The molecule has 9 N–H and O–H groups in total. The Bertz CT molecular complexity index is 1090. The average Bonchev–Trinajstić information content (AvgIpc) is 3.12. The maximum atomic E-state index is 12.2. The third-order valence-electron chi connectivity index (χ3n) is 5.14. The molecule has 0 aliphatic carbocycles. The van der Waals surface area contributed by atoms with Crippen molar-refractivity contribution in [2.45, 2.75) is 55.5 Å². The summed E-state index contributed by atoms with van der Waals surface area (Å²) in [5.74, 6) is 0. The molecule has 0 saturated carbocycles. The molecule has 20 heteroatoms. The second-order valence-electron chi connectivity index (χ2n) is 7.65. The molecular formula is C15H25N3O15P2. The van der Waals surface area contributed by atoms with Gasteiger partial charge in [-0.3, -0.25) is 23.4 Å². The molecule has 3 heterocycles. The number of rotatable bonds is 9. The summed E-state index contributed by atoms with van der Waals surface area (Å²) in [7, 11) is -10.8. The van der Waals surface area contributed by atoms with Crippen molar-refractivity contribution in [3.63, 3.8) is 0 Å². The fraction of sp³-hybridized carbons (Fsp3) is 0.733. The Morgan fingerprint density at radius 3 is 2.43 bits per heavy atom. The van der Waals surface area contributed by atoms with Crippen LogP contribution < -0.4 is 17.0 Å². The summed E-state index contributed by atoms with van der Waals surface area (Å²) in [5, 5.41) is 38.8. The number of nitrogens with two attached hydrogens (primary N) is 1. The topological polar surface area (TPSA) is 283 Å². The minimum Gasteiger partial charge on any atom is -0.394 e. The van der Waals surface area contributed by atoms with Crippen molar-refractivity contribution in [2.24, 2.45) is 5.73 Å². The molecule has 2 saturated heterocycles. The molecule has 3 rings (SSSR count). The Labute approximate surface area is 195 Å². The van der Waals surface area contributed by atoms with Gasteiger partial charge in [0.05, 0.1) is 25.4 Å². The number of phosphoric ester groups is 2. The molecule has 18 nitrogen and oxygen atoms in total. The minimum atomic E-state index is -5.45. The predicted octanol–water partition coefficient (Wildman–Crippen LogP) is -3.80. The first-order valence-electron chi connectivity index (χ1n) is 9.96. The number of H-pyrrole nitrogens is 1. The lowest BCUT2D eigenvalue weighted by Crippen LogP contribution is -2.62. The summed E-state index contributed by atoms with van der Waals surface area (Å²) >= 11 is 0. The maximum absolute atomic E-state index is 12.2. The lowest BCUT2D eigenvalue weighted by atomic mass is 9.98. The first kappa shape index (κ1) is 28.2. The van der Waals surface area contributed by atoms with Crippen LogP contribution in [-0.2, 0) is 32.0 Å². The zero-order valence-corrected chi connectivity index (χ0v) is 19.5. The Balaban J connectivity index is 1.58. The van der Waals surface area contributed by atoms with Crippen LogP contribution >= 0.6 is 15.6 Å². The third-order valence-corrected chi connectivity index (χ3v) is 7.74. The number of ether oxygens (including phenoxy) is 2. The summed E-state index contributed by atoms with van der Waals surface area (Å²) in [6, 6.07) is -0.564. The lowest BCUT2D eigenvalue weighted by Gasteiger charge is -2.40. The first-order valence-corrected chi connectivity index (χ1v) is 12.9. The first-order chi connectivity index (χ1) is 16.2. The molecule has 200 valence electrons. The Hall–Kier alpha value is -1.34. The van der Waals surface area contributed by atoms with Gasteiger partial charge in [-0.15, -0.1) is 0 Å². The third kappa shape index (κ3) is 6.91. The van der Waals surface area contributed by atoms with Crippen molar-refractivity contribution in [2.75, 3.05) is 13.2 Å². The van der Waals surface area contributed by atoms with Gasteiger partial charge in [-0.25, -0.2) is 13.9 Å². The summed E-state index contributed by atoms with van der Waals surface area (Å²) in [6.07, 6.45) is -9.44. The van der Waals surface area contributed by atoms with Crippen LogP contribution in [0.2, 0.25) is 0 Å². The normalized spacial score (nSPS) is 37.0. The number of aliphatic hydroxyl groups is 4. The minimum absolute atomic E-state index is 0.157. The van der Waals surface area contributed by atoms with Gasteiger partial charge in [-0.1, -0.05) is 0 Å². The molecule has 0 spiro atoms. The number of aromatic amines is 1. The SMILES string of the molecule is N[C@H]1C(OP(=O)(O)OP(=O)(O)OC[C@H]2OC(n3ccc(=O)[nH]c3=O)C[C@@H]2O)O[C@H](CO)[C@@H](O)[C@@H]1O. The zero-order chi connectivity index (χ0) is 26.1. The fourth-order valence-corrected chi connectivity index (χ4v) is 5.53. The van der Waals surface area contributed by atoms with Gasteiger partial charge in [-0.2, -0.15) is 4.31 Å². The van der Waals surface area contributed by atoms with Gasteiger partial charge in [0.15, 0.2) is 6.29 Å². The molecule has 35 heavy (non-hydrogen) atoms. The van der Waals surface area contributed by atoms with E-state index < -0.39 is 89.2 Å². The van der Waals surface area contributed by atoms with Crippen molar-refractivity contribution in [3.8, 4) is 0 Å². The predicted molar refractivity (Wildman–Crippen MR) is 109 cm³/mol. The molecule has 0 radical (unpaired) electrons. The maximum Gasteiger partial charge on any atom is 0.483 e. The van der Waals surface area contributed by atoms with E-state index in [1.165, 1.54) is 0 Å². The van der Waals surface area contributed by atoms with Crippen molar-refractivity contribution in [1.82, 2.24) is 9.55 Å². The Kier molecular flexibility index (Phi) is 8.84. The Morgan fingerprint density at radius 1 is 1.11 bits per heavy atom. The van der Waals surface area contributed by atoms with Gasteiger partial charge in [0.2, 0.25) is 0 Å². The summed E-state index contributed by atoms with van der Waals surface area (Å²) in [4.78, 5) is 44.6. The number of hydrogen-bond acceptors (Lipinski definition) is 14. The van der Waals surface area contributed by atoms with Crippen LogP contribution in [0.4, 0.5) is 0 Å². The van der Waals surface area contributed by atoms with Crippen molar-refractivity contribution < 1.29 is 62.2 Å². The molecule has 1 aromatic rings. The van der Waals surface area contributed by atoms with E-state index in [1.54, 1.807) is 0 Å². The highest BCUT2D eigenvalue weighted by Crippen LogP contribution is 2.61. The highest BCUT2D eigenvalue weighted by molar-refractivity contribution is 7.61. The molecular weight excluding hydrogens is 524 g/mol. The molecule has 0 bridgehead atoms. The van der Waals surface area contributed by atoms with E-state index in [4.69, 9.17) is 20.3 Å². The van der Waals surface area contributed by atoms with Crippen LogP contribution in [0.25, 0.3) is 0 Å². The quantitative estimate of drug-likeness (QED) is 0.137. The van der Waals surface area contributed by atoms with Crippen LogP contribution in [0.15, 0.2) is 21.9 Å². The van der Waals surface area contributed by atoms with Gasteiger partial charge in [0, 0.05) is 18.7 Å². The van der Waals surface area contributed by atoms with Crippen LogP contribution in [0, 0.1) is 0 Å². The number of nitrogens with zero attached hydrogens (tertiary/aromatic N) is 1. The highest BCUT2D eigenvalue weighted by atomic mass is 31.3. The second-order valence-corrected chi connectivity index (χ2v) is 10.7. The lowest BCUT2D eigenvalue weighted by molar-refractivity contribution is -0.242. The smallest absolute Gasteiger partial charge is 0.394 e. The van der Waals surface area contributed by atoms with Gasteiger partial charge in [0.1, 0.15) is 30.6 Å². The van der Waals surface area contributed by atoms with E-state index in [1.807, 2.05) is 4.98 Å². The number of phosphoric acid groups is 2. The molecule has 4 unspecified atom stereocenters. The molecule has 0 amide bonds. The number of hydrogen-bond donors (Lipinski definition) is 8. The number of aliphatic hydroxyl groups excluding tert-OH is 4. The summed E-state index contributed by atoms with van der Waals surface area (Å²) in [6.45, 7) is -1.65. The largest absolute Gasteiger partial charge is 0.483 e. The summed E-state index contributed by atoms with van der Waals surface area (Å²) < 4.78 is 49.0. The molecule has 1 aromatic heterocycles. The fourth-order valence-electron chi connectivity index (χ4n) is 3.36. The second kappa shape index (κ2) is 11.0. The van der Waals surface area contributed by atoms with Crippen LogP contribution in [0.3, 0.4) is 0 Å². The molecule has 2 fully saturated rings. The molecule has 10 atom stereocenters. The van der Waals surface area contributed by atoms with Crippen LogP contribution in [0.5, 0.6) is 0 Å². The number of aromatic nitrogens is 2. The van der Waals surface area contributed by atoms with Gasteiger partial charge >= 0.3 is 21.3 Å². The van der Waals surface area contributed by atoms with Crippen LogP contribution in [-0.4, -0.2) is 95.8 Å². The van der Waals surface area contributed by atoms with E-state index in [2.05, 4.69) is 13.4 Å². The molecule has 2 aliphatic rings. The van der Waals surface area contributed by atoms with Crippen molar-refractivity contribution in [3.05, 3.63) is 33.1 Å². The van der Waals surface area contributed by atoms with E-state index in [9.17, 15) is 43.8 Å². The Morgan fingerprint density at radius 2 is 1.80 bits per heavy atom. The van der Waals surface area contributed by atoms with E-state index in [0.29, 0.717) is 0 Å².